The number of carbonyl (C=O) groups is 2. The molecular weight excluding hydrogens is 168 g/mol. The molecule has 0 atom stereocenters. The maximum absolute atomic E-state index is 11.3. The van der Waals surface area contributed by atoms with E-state index in [1.165, 1.54) is 6.92 Å². The van der Waals surface area contributed by atoms with Crippen LogP contribution < -0.4 is 0 Å². The Morgan fingerprint density at radius 2 is 2.15 bits per heavy atom. The van der Waals surface area contributed by atoms with Gasteiger partial charge in [-0.25, -0.2) is 0 Å². The molecule has 72 valence electrons. The number of ketones is 2. The summed E-state index contributed by atoms with van der Waals surface area (Å²) in [5.74, 6) is 0.251. The summed E-state index contributed by atoms with van der Waals surface area (Å²) in [7, 11) is 0. The third-order valence-electron chi connectivity index (χ3n) is 2.23. The first-order valence-corrected chi connectivity index (χ1v) is 4.55. The van der Waals surface area contributed by atoms with E-state index in [-0.39, 0.29) is 17.3 Å². The van der Waals surface area contributed by atoms with Gasteiger partial charge in [-0.05, 0) is 19.8 Å². The van der Waals surface area contributed by atoms with Crippen molar-refractivity contribution in [3.63, 3.8) is 0 Å². The molecule has 0 amide bonds. The molecule has 0 unspecified atom stereocenters. The minimum atomic E-state index is 0.00463. The van der Waals surface area contributed by atoms with E-state index in [1.807, 2.05) is 0 Å². The fourth-order valence-electron chi connectivity index (χ4n) is 1.46. The van der Waals surface area contributed by atoms with E-state index in [1.54, 1.807) is 0 Å². The lowest BCUT2D eigenvalue weighted by Crippen LogP contribution is -2.12. The smallest absolute Gasteiger partial charge is 0.162 e. The second-order valence-electron chi connectivity index (χ2n) is 3.40. The molecule has 0 aromatic rings. The van der Waals surface area contributed by atoms with Gasteiger partial charge in [0.1, 0.15) is 5.78 Å². The molecule has 1 rings (SSSR count). The fourth-order valence-corrected chi connectivity index (χ4v) is 1.46. The predicted molar refractivity (Wildman–Crippen MR) is 48.4 cm³/mol. The van der Waals surface area contributed by atoms with Crippen LogP contribution in [0.5, 0.6) is 0 Å². The maximum atomic E-state index is 11.3. The Bertz CT molecular complexity index is 263. The van der Waals surface area contributed by atoms with Crippen molar-refractivity contribution in [1.29, 1.82) is 0 Å². The molecule has 0 fully saturated rings. The molecule has 0 aliphatic heterocycles. The van der Waals surface area contributed by atoms with Crippen molar-refractivity contribution in [2.45, 2.75) is 39.0 Å². The van der Waals surface area contributed by atoms with Gasteiger partial charge in [0.15, 0.2) is 5.78 Å². The van der Waals surface area contributed by atoms with Crippen LogP contribution in [0.4, 0.5) is 0 Å². The third-order valence-corrected chi connectivity index (χ3v) is 2.23. The normalized spacial score (nSPS) is 17.8. The molecule has 3 nitrogen and oxygen atoms in total. The van der Waals surface area contributed by atoms with Crippen molar-refractivity contribution in [3.05, 3.63) is 11.3 Å². The first-order valence-electron chi connectivity index (χ1n) is 4.55. The van der Waals surface area contributed by atoms with E-state index >= 15 is 0 Å². The van der Waals surface area contributed by atoms with E-state index in [0.29, 0.717) is 31.3 Å². The number of Topliss-reactive ketones (excluding diaryl/α,β-unsaturated/α-hetero) is 2. The van der Waals surface area contributed by atoms with Gasteiger partial charge in [-0.2, -0.15) is 0 Å². The molecule has 1 N–H and O–H groups in total. The molecule has 13 heavy (non-hydrogen) atoms. The summed E-state index contributed by atoms with van der Waals surface area (Å²) in [4.78, 5) is 22.0. The van der Waals surface area contributed by atoms with Gasteiger partial charge in [0.05, 0.1) is 5.76 Å². The zero-order valence-corrected chi connectivity index (χ0v) is 7.80. The number of aliphatic hydroxyl groups excluding tert-OH is 1. The third kappa shape index (κ3) is 2.68. The van der Waals surface area contributed by atoms with E-state index in [2.05, 4.69) is 0 Å². The van der Waals surface area contributed by atoms with Crippen molar-refractivity contribution in [1.82, 2.24) is 0 Å². The average molecular weight is 182 g/mol. The molecule has 0 saturated heterocycles. The largest absolute Gasteiger partial charge is 0.512 e. The summed E-state index contributed by atoms with van der Waals surface area (Å²) in [5, 5.41) is 9.40. The molecule has 1 aliphatic carbocycles. The number of rotatable bonds is 3. The monoisotopic (exact) mass is 182 g/mol. The molecule has 0 bridgehead atoms. The number of aliphatic hydroxyl groups is 1. The lowest BCUT2D eigenvalue weighted by molar-refractivity contribution is -0.117. The highest BCUT2D eigenvalue weighted by molar-refractivity contribution is 5.97. The number of allylic oxidation sites excluding steroid dienone is 2. The fraction of sp³-hybridized carbons (Fsp3) is 0.600. The summed E-state index contributed by atoms with van der Waals surface area (Å²) in [6.07, 6.45) is 2.58. The van der Waals surface area contributed by atoms with Gasteiger partial charge >= 0.3 is 0 Å². The van der Waals surface area contributed by atoms with Gasteiger partial charge in [0.2, 0.25) is 0 Å². The zero-order chi connectivity index (χ0) is 9.84. The summed E-state index contributed by atoms with van der Waals surface area (Å²) in [6.45, 7) is 1.49. The predicted octanol–water partition coefficient (Wildman–Crippen LogP) is 1.92. The Balaban J connectivity index is 2.63. The van der Waals surface area contributed by atoms with E-state index in [9.17, 15) is 14.7 Å². The highest BCUT2D eigenvalue weighted by Gasteiger charge is 2.19. The first-order chi connectivity index (χ1) is 6.11. The number of hydrogen-bond acceptors (Lipinski definition) is 3. The minimum Gasteiger partial charge on any atom is -0.512 e. The van der Waals surface area contributed by atoms with Crippen molar-refractivity contribution >= 4 is 11.6 Å². The van der Waals surface area contributed by atoms with Crippen LogP contribution in [0.15, 0.2) is 11.3 Å². The highest BCUT2D eigenvalue weighted by Crippen LogP contribution is 2.23. The lowest BCUT2D eigenvalue weighted by atomic mass is 9.92. The van der Waals surface area contributed by atoms with Gasteiger partial charge in [-0.3, -0.25) is 4.79 Å². The van der Waals surface area contributed by atoms with Crippen molar-refractivity contribution in [2.75, 3.05) is 0 Å². The zero-order valence-electron chi connectivity index (χ0n) is 7.80. The SMILES string of the molecule is CC(=O)CCC1=C(O)CCCC1=O. The maximum Gasteiger partial charge on any atom is 0.162 e. The van der Waals surface area contributed by atoms with Crippen LogP contribution in [-0.4, -0.2) is 16.7 Å². The Kier molecular flexibility index (Phi) is 3.23. The molecule has 3 heteroatoms. The van der Waals surface area contributed by atoms with Gasteiger partial charge < -0.3 is 9.90 Å². The van der Waals surface area contributed by atoms with E-state index in [0.717, 1.165) is 6.42 Å². The van der Waals surface area contributed by atoms with Crippen molar-refractivity contribution < 1.29 is 14.7 Å². The Morgan fingerprint density at radius 3 is 2.69 bits per heavy atom. The molecule has 0 aromatic heterocycles. The van der Waals surface area contributed by atoms with E-state index < -0.39 is 0 Å². The second kappa shape index (κ2) is 4.21. The average Bonchev–Trinajstić information content (AvgIpc) is 2.03. The Morgan fingerprint density at radius 1 is 1.46 bits per heavy atom. The molecule has 0 aromatic carbocycles. The first kappa shape index (κ1) is 9.96. The van der Waals surface area contributed by atoms with Crippen LogP contribution in [0.1, 0.15) is 39.0 Å². The van der Waals surface area contributed by atoms with Crippen LogP contribution in [0.25, 0.3) is 0 Å². The highest BCUT2D eigenvalue weighted by atomic mass is 16.3. The standard InChI is InChI=1S/C10H14O3/c1-7(11)5-6-8-9(12)3-2-4-10(8)13/h12H,2-6H2,1H3. The van der Waals surface area contributed by atoms with Gasteiger partial charge in [-0.15, -0.1) is 0 Å². The van der Waals surface area contributed by atoms with Gasteiger partial charge in [0.25, 0.3) is 0 Å². The molecule has 0 spiro atoms. The van der Waals surface area contributed by atoms with Crippen LogP contribution >= 0.6 is 0 Å². The van der Waals surface area contributed by atoms with Crippen LogP contribution in [0.2, 0.25) is 0 Å². The van der Waals surface area contributed by atoms with Gasteiger partial charge in [-0.1, -0.05) is 0 Å². The topological polar surface area (TPSA) is 54.4 Å². The molecular formula is C10H14O3. The molecule has 1 aliphatic rings. The van der Waals surface area contributed by atoms with Gasteiger partial charge in [0, 0.05) is 24.8 Å². The van der Waals surface area contributed by atoms with Crippen LogP contribution in [-0.2, 0) is 9.59 Å². The Hall–Kier alpha value is -1.12. The number of hydrogen-bond donors (Lipinski definition) is 1. The lowest BCUT2D eigenvalue weighted by Gasteiger charge is -2.14. The summed E-state index contributed by atoms with van der Waals surface area (Å²) in [5.41, 5.74) is 0.474. The molecule has 0 heterocycles. The molecule has 0 saturated carbocycles. The summed E-state index contributed by atoms with van der Waals surface area (Å²) in [6, 6.07) is 0. The van der Waals surface area contributed by atoms with Crippen molar-refractivity contribution in [3.8, 4) is 0 Å². The van der Waals surface area contributed by atoms with Crippen molar-refractivity contribution in [2.24, 2.45) is 0 Å². The number of carbonyl (C=O) groups excluding carboxylic acids is 2. The quantitative estimate of drug-likeness (QED) is 0.725. The molecule has 0 radical (unpaired) electrons. The van der Waals surface area contributed by atoms with Crippen LogP contribution in [0, 0.1) is 0 Å². The summed E-state index contributed by atoms with van der Waals surface area (Å²) >= 11 is 0. The second-order valence-corrected chi connectivity index (χ2v) is 3.40. The Labute approximate surface area is 77.4 Å². The van der Waals surface area contributed by atoms with Crippen LogP contribution in [0.3, 0.4) is 0 Å². The summed E-state index contributed by atoms with van der Waals surface area (Å²) < 4.78 is 0. The van der Waals surface area contributed by atoms with E-state index in [4.69, 9.17) is 0 Å². The minimum absolute atomic E-state index is 0.00463.